The number of hydrogen-bond acceptors (Lipinski definition) is 1. The molecule has 1 aromatic rings. The third-order valence-electron chi connectivity index (χ3n) is 3.74. The van der Waals surface area contributed by atoms with Gasteiger partial charge in [0.2, 0.25) is 0 Å². The minimum atomic E-state index is 0.211. The highest BCUT2D eigenvalue weighted by Crippen LogP contribution is 2.33. The van der Waals surface area contributed by atoms with Gasteiger partial charge in [0.25, 0.3) is 0 Å². The Hall–Kier alpha value is -0.630. The van der Waals surface area contributed by atoms with Crippen LogP contribution >= 0.6 is 15.9 Å². The predicted molar refractivity (Wildman–Crippen MR) is 78.9 cm³/mol. The summed E-state index contributed by atoms with van der Waals surface area (Å²) in [5, 5.41) is 0. The van der Waals surface area contributed by atoms with Crippen LogP contribution in [0.1, 0.15) is 49.5 Å². The van der Waals surface area contributed by atoms with Crippen LogP contribution in [0.15, 0.2) is 22.7 Å². The van der Waals surface area contributed by atoms with Gasteiger partial charge < -0.3 is 0 Å². The molecule has 2 rings (SSSR count). The molecule has 1 nitrogen and oxygen atoms in total. The molecule has 2 atom stereocenters. The van der Waals surface area contributed by atoms with Crippen molar-refractivity contribution in [3.8, 4) is 0 Å². The maximum Gasteiger partial charge on any atom is 0.166 e. The molecule has 0 radical (unpaired) electrons. The van der Waals surface area contributed by atoms with E-state index in [1.54, 1.807) is 0 Å². The van der Waals surface area contributed by atoms with Gasteiger partial charge in [-0.15, -0.1) is 0 Å². The lowest BCUT2D eigenvalue weighted by Gasteiger charge is -2.17. The Balaban J connectivity index is 2.05. The van der Waals surface area contributed by atoms with Crippen LogP contribution in [0.3, 0.4) is 0 Å². The van der Waals surface area contributed by atoms with E-state index in [2.05, 4.69) is 42.8 Å². The predicted octanol–water partition coefficient (Wildman–Crippen LogP) is 4.88. The fourth-order valence-corrected chi connectivity index (χ4v) is 3.47. The lowest BCUT2D eigenvalue weighted by molar-refractivity contribution is 0.0917. The van der Waals surface area contributed by atoms with Gasteiger partial charge in [-0.2, -0.15) is 0 Å². The van der Waals surface area contributed by atoms with E-state index in [1.807, 2.05) is 12.1 Å². The Bertz CT molecular complexity index is 450. The molecule has 0 spiro atoms. The molecule has 1 aromatic carbocycles. The Kier molecular flexibility index (Phi) is 4.26. The largest absolute Gasteiger partial charge is 0.294 e. The first-order valence-corrected chi connectivity index (χ1v) is 7.59. The van der Waals surface area contributed by atoms with Crippen molar-refractivity contribution < 1.29 is 4.79 Å². The van der Waals surface area contributed by atoms with E-state index >= 15 is 0 Å². The zero-order valence-corrected chi connectivity index (χ0v) is 13.0. The fourth-order valence-electron chi connectivity index (χ4n) is 3.11. The number of carbonyl (C=O) groups is 1. The summed E-state index contributed by atoms with van der Waals surface area (Å²) in [7, 11) is 0. The number of hydrogen-bond donors (Lipinski definition) is 0. The number of Topliss-reactive ketones (excluding diaryl/α,β-unsaturated/α-hetero) is 1. The second-order valence-electron chi connectivity index (χ2n) is 6.04. The van der Waals surface area contributed by atoms with E-state index in [4.69, 9.17) is 0 Å². The molecule has 2 heteroatoms. The first-order valence-electron chi connectivity index (χ1n) is 6.80. The maximum absolute atomic E-state index is 12.3. The number of halogens is 1. The Morgan fingerprint density at radius 3 is 2.72 bits per heavy atom. The zero-order valence-electron chi connectivity index (χ0n) is 11.4. The molecule has 1 aliphatic rings. The molecule has 98 valence electrons. The van der Waals surface area contributed by atoms with Crippen molar-refractivity contribution in [3.05, 3.63) is 33.8 Å². The zero-order chi connectivity index (χ0) is 13.3. The molecule has 0 bridgehead atoms. The first-order chi connectivity index (χ1) is 8.47. The monoisotopic (exact) mass is 308 g/mol. The van der Waals surface area contributed by atoms with Crippen LogP contribution in [0.4, 0.5) is 0 Å². The van der Waals surface area contributed by atoms with Gasteiger partial charge in [0.05, 0.1) is 0 Å². The summed E-state index contributed by atoms with van der Waals surface area (Å²) in [6, 6.07) is 6.10. The molecule has 0 saturated carbocycles. The van der Waals surface area contributed by atoms with Gasteiger partial charge in [0.1, 0.15) is 0 Å². The van der Waals surface area contributed by atoms with Crippen LogP contribution < -0.4 is 0 Å². The topological polar surface area (TPSA) is 17.1 Å². The lowest BCUT2D eigenvalue weighted by Crippen LogP contribution is -2.14. The lowest BCUT2D eigenvalue weighted by atomic mass is 9.87. The van der Waals surface area contributed by atoms with E-state index in [-0.39, 0.29) is 5.92 Å². The minimum Gasteiger partial charge on any atom is -0.294 e. The standard InChI is InChI=1S/C16H21BrO/c1-10(2)6-11(3)7-13-8-12-4-5-14(17)9-15(12)16(13)18/h4-5,9-11,13H,6-8H2,1-3H3/t11?,13-/m0/s1. The van der Waals surface area contributed by atoms with Crippen LogP contribution in [0.25, 0.3) is 0 Å². The van der Waals surface area contributed by atoms with Crippen molar-refractivity contribution >= 4 is 21.7 Å². The molecule has 0 saturated heterocycles. The molecular weight excluding hydrogens is 288 g/mol. The first kappa shape index (κ1) is 13.8. The summed E-state index contributed by atoms with van der Waals surface area (Å²) >= 11 is 3.44. The van der Waals surface area contributed by atoms with Gasteiger partial charge >= 0.3 is 0 Å². The number of fused-ring (bicyclic) bond motifs is 1. The third-order valence-corrected chi connectivity index (χ3v) is 4.23. The van der Waals surface area contributed by atoms with E-state index in [9.17, 15) is 4.79 Å². The van der Waals surface area contributed by atoms with E-state index < -0.39 is 0 Å². The molecule has 0 N–H and O–H groups in total. The molecule has 0 aromatic heterocycles. The van der Waals surface area contributed by atoms with Gasteiger partial charge in [-0.05, 0) is 48.8 Å². The van der Waals surface area contributed by atoms with Gasteiger partial charge in [-0.25, -0.2) is 0 Å². The molecular formula is C16H21BrO. The summed E-state index contributed by atoms with van der Waals surface area (Å²) in [4.78, 5) is 12.3. The van der Waals surface area contributed by atoms with E-state index in [0.717, 1.165) is 22.9 Å². The molecule has 0 aliphatic heterocycles. The smallest absolute Gasteiger partial charge is 0.166 e. The Morgan fingerprint density at radius 2 is 2.06 bits per heavy atom. The normalized spacial score (nSPS) is 20.3. The van der Waals surface area contributed by atoms with Crippen molar-refractivity contribution in [3.63, 3.8) is 0 Å². The number of ketones is 1. The highest BCUT2D eigenvalue weighted by molar-refractivity contribution is 9.10. The summed E-state index contributed by atoms with van der Waals surface area (Å²) in [5.41, 5.74) is 2.16. The fraction of sp³-hybridized carbons (Fsp3) is 0.562. The van der Waals surface area contributed by atoms with Crippen LogP contribution in [-0.4, -0.2) is 5.78 Å². The average Bonchev–Trinajstić information content (AvgIpc) is 2.55. The Labute approximate surface area is 118 Å². The second-order valence-corrected chi connectivity index (χ2v) is 6.95. The molecule has 1 aliphatic carbocycles. The van der Waals surface area contributed by atoms with Crippen LogP contribution in [0.2, 0.25) is 0 Å². The van der Waals surface area contributed by atoms with Crippen molar-refractivity contribution in [1.82, 2.24) is 0 Å². The van der Waals surface area contributed by atoms with Crippen LogP contribution in [0.5, 0.6) is 0 Å². The minimum absolute atomic E-state index is 0.211. The van der Waals surface area contributed by atoms with Crippen molar-refractivity contribution in [1.29, 1.82) is 0 Å². The summed E-state index contributed by atoms with van der Waals surface area (Å²) in [6.07, 6.45) is 3.18. The van der Waals surface area contributed by atoms with Crippen LogP contribution in [0, 0.1) is 17.8 Å². The van der Waals surface area contributed by atoms with Gasteiger partial charge in [-0.3, -0.25) is 4.79 Å². The van der Waals surface area contributed by atoms with Crippen molar-refractivity contribution in [2.45, 2.75) is 40.0 Å². The van der Waals surface area contributed by atoms with Crippen molar-refractivity contribution in [2.24, 2.45) is 17.8 Å². The quantitative estimate of drug-likeness (QED) is 0.775. The highest BCUT2D eigenvalue weighted by atomic mass is 79.9. The second kappa shape index (κ2) is 5.56. The van der Waals surface area contributed by atoms with E-state index in [1.165, 1.54) is 12.0 Å². The highest BCUT2D eigenvalue weighted by Gasteiger charge is 2.31. The number of rotatable bonds is 4. The molecule has 0 amide bonds. The number of benzene rings is 1. The van der Waals surface area contributed by atoms with E-state index in [0.29, 0.717) is 17.6 Å². The van der Waals surface area contributed by atoms with Gasteiger partial charge in [0.15, 0.2) is 5.78 Å². The Morgan fingerprint density at radius 1 is 1.33 bits per heavy atom. The molecule has 18 heavy (non-hydrogen) atoms. The third kappa shape index (κ3) is 3.03. The van der Waals surface area contributed by atoms with Crippen molar-refractivity contribution in [2.75, 3.05) is 0 Å². The van der Waals surface area contributed by atoms with Gasteiger partial charge in [-0.1, -0.05) is 42.8 Å². The molecule has 0 fully saturated rings. The summed E-state index contributed by atoms with van der Waals surface area (Å²) in [6.45, 7) is 6.77. The molecule has 0 heterocycles. The van der Waals surface area contributed by atoms with Gasteiger partial charge in [0, 0.05) is 16.0 Å². The average molecular weight is 309 g/mol. The number of carbonyl (C=O) groups excluding carboxylic acids is 1. The summed E-state index contributed by atoms with van der Waals surface area (Å²) < 4.78 is 1.01. The SMILES string of the molecule is CC(C)CC(C)C[C@H]1Cc2ccc(Br)cc2C1=O. The summed E-state index contributed by atoms with van der Waals surface area (Å²) in [5.74, 6) is 1.91. The van der Waals surface area contributed by atoms with Crippen LogP contribution in [-0.2, 0) is 6.42 Å². The molecule has 1 unspecified atom stereocenters. The maximum atomic E-state index is 12.3.